The maximum Gasteiger partial charge on any atom is 0.352 e. The first-order valence-corrected chi connectivity index (χ1v) is 10.2. The van der Waals surface area contributed by atoms with Crippen LogP contribution in [0.3, 0.4) is 0 Å². The van der Waals surface area contributed by atoms with Gasteiger partial charge in [-0.25, -0.2) is 4.79 Å². The summed E-state index contributed by atoms with van der Waals surface area (Å²) < 4.78 is 1.93. The van der Waals surface area contributed by atoms with Crippen LogP contribution in [0.4, 0.5) is 0 Å². The fourth-order valence-corrected chi connectivity index (χ4v) is 3.96. The maximum atomic E-state index is 12.3. The van der Waals surface area contributed by atoms with Crippen molar-refractivity contribution in [2.24, 2.45) is 0 Å². The molecule has 30 heavy (non-hydrogen) atoms. The van der Waals surface area contributed by atoms with Crippen molar-refractivity contribution < 1.29 is 9.90 Å². The monoisotopic (exact) mass is 398 g/mol. The summed E-state index contributed by atoms with van der Waals surface area (Å²) in [4.78, 5) is 12.3. The molecule has 1 heterocycles. The zero-order chi connectivity index (χ0) is 21.1. The molecular formula is C26H26N2O2. The number of aryl methyl sites for hydroxylation is 2. The highest BCUT2D eigenvalue weighted by atomic mass is 16.4. The molecule has 1 aromatic heterocycles. The van der Waals surface area contributed by atoms with Crippen molar-refractivity contribution in [3.8, 4) is 0 Å². The van der Waals surface area contributed by atoms with E-state index in [1.165, 1.54) is 11.1 Å². The first kappa shape index (κ1) is 19.9. The molecule has 2 N–H and O–H groups in total. The van der Waals surface area contributed by atoms with Gasteiger partial charge in [-0.05, 0) is 36.6 Å². The van der Waals surface area contributed by atoms with Crippen LogP contribution >= 0.6 is 0 Å². The van der Waals surface area contributed by atoms with E-state index in [9.17, 15) is 9.90 Å². The Hall–Kier alpha value is -3.37. The van der Waals surface area contributed by atoms with Crippen LogP contribution < -0.4 is 5.32 Å². The fourth-order valence-electron chi connectivity index (χ4n) is 3.96. The Balaban J connectivity index is 1.70. The summed E-state index contributed by atoms with van der Waals surface area (Å²) >= 11 is 0. The third kappa shape index (κ3) is 4.00. The molecule has 0 aliphatic heterocycles. The summed E-state index contributed by atoms with van der Waals surface area (Å²) in [5, 5.41) is 14.5. The van der Waals surface area contributed by atoms with Gasteiger partial charge in [0.1, 0.15) is 5.69 Å². The first-order valence-electron chi connectivity index (χ1n) is 10.2. The second-order valence-electron chi connectivity index (χ2n) is 7.75. The molecule has 0 fully saturated rings. The largest absolute Gasteiger partial charge is 0.477 e. The Morgan fingerprint density at radius 3 is 2.33 bits per heavy atom. The number of carboxylic acid groups (broad SMARTS) is 1. The van der Waals surface area contributed by atoms with Gasteiger partial charge < -0.3 is 15.0 Å². The lowest BCUT2D eigenvalue weighted by atomic mass is 10.1. The minimum absolute atomic E-state index is 0.357. The van der Waals surface area contributed by atoms with Crippen molar-refractivity contribution in [2.45, 2.75) is 33.5 Å². The zero-order valence-corrected chi connectivity index (χ0v) is 17.4. The highest BCUT2D eigenvalue weighted by Gasteiger charge is 2.22. The van der Waals surface area contributed by atoms with Crippen molar-refractivity contribution in [3.05, 3.63) is 106 Å². The van der Waals surface area contributed by atoms with Gasteiger partial charge in [-0.2, -0.15) is 0 Å². The summed E-state index contributed by atoms with van der Waals surface area (Å²) in [5.74, 6) is -0.896. The van der Waals surface area contributed by atoms with Crippen LogP contribution in [0.25, 0.3) is 10.9 Å². The van der Waals surface area contributed by atoms with E-state index >= 15 is 0 Å². The van der Waals surface area contributed by atoms with Gasteiger partial charge in [-0.3, -0.25) is 0 Å². The van der Waals surface area contributed by atoms with Gasteiger partial charge in [0.25, 0.3) is 0 Å². The standard InChI is InChI=1S/C26H26N2O2/c1-18-11-13-20(14-12-18)15-27-16-23-22-9-5-6-10-24(22)28(25(23)26(29)30)17-21-8-4-3-7-19(21)2/h3-14,27H,15-17H2,1-2H3,(H,29,30). The molecule has 0 spiro atoms. The van der Waals surface area contributed by atoms with Gasteiger partial charge in [0, 0.05) is 36.1 Å². The van der Waals surface area contributed by atoms with Gasteiger partial charge >= 0.3 is 5.97 Å². The number of aromatic nitrogens is 1. The van der Waals surface area contributed by atoms with Crippen molar-refractivity contribution in [3.63, 3.8) is 0 Å². The van der Waals surface area contributed by atoms with E-state index in [0.29, 0.717) is 25.3 Å². The van der Waals surface area contributed by atoms with Gasteiger partial charge in [-0.1, -0.05) is 72.3 Å². The summed E-state index contributed by atoms with van der Waals surface area (Å²) in [7, 11) is 0. The van der Waals surface area contributed by atoms with Crippen LogP contribution in [0, 0.1) is 13.8 Å². The molecule has 0 saturated carbocycles. The third-order valence-corrected chi connectivity index (χ3v) is 5.62. The van der Waals surface area contributed by atoms with Gasteiger partial charge in [0.15, 0.2) is 0 Å². The number of fused-ring (bicyclic) bond motifs is 1. The minimum Gasteiger partial charge on any atom is -0.477 e. The fraction of sp³-hybridized carbons (Fsp3) is 0.192. The lowest BCUT2D eigenvalue weighted by Gasteiger charge is -2.12. The second kappa shape index (κ2) is 8.56. The number of nitrogens with zero attached hydrogens (tertiary/aromatic N) is 1. The molecule has 0 amide bonds. The lowest BCUT2D eigenvalue weighted by molar-refractivity contribution is 0.0684. The number of hydrogen-bond acceptors (Lipinski definition) is 2. The quantitative estimate of drug-likeness (QED) is 0.444. The molecule has 4 nitrogen and oxygen atoms in total. The average molecular weight is 399 g/mol. The molecule has 0 unspecified atom stereocenters. The highest BCUT2D eigenvalue weighted by Crippen LogP contribution is 2.28. The van der Waals surface area contributed by atoms with Gasteiger partial charge in [-0.15, -0.1) is 0 Å². The Morgan fingerprint density at radius 1 is 0.900 bits per heavy atom. The molecule has 0 radical (unpaired) electrons. The van der Waals surface area contributed by atoms with E-state index < -0.39 is 5.97 Å². The predicted octanol–water partition coefficient (Wildman–Crippen LogP) is 5.29. The number of carbonyl (C=O) groups is 1. The number of benzene rings is 3. The lowest BCUT2D eigenvalue weighted by Crippen LogP contribution is -2.17. The third-order valence-electron chi connectivity index (χ3n) is 5.62. The number of para-hydroxylation sites is 1. The molecule has 0 bridgehead atoms. The molecule has 3 aromatic carbocycles. The molecule has 4 aromatic rings. The van der Waals surface area contributed by atoms with Crippen LogP contribution in [0.2, 0.25) is 0 Å². The Morgan fingerprint density at radius 2 is 1.60 bits per heavy atom. The maximum absolute atomic E-state index is 12.3. The van der Waals surface area contributed by atoms with E-state index in [4.69, 9.17) is 0 Å². The summed E-state index contributed by atoms with van der Waals surface area (Å²) in [6.45, 7) is 5.85. The van der Waals surface area contributed by atoms with E-state index in [0.717, 1.165) is 27.6 Å². The van der Waals surface area contributed by atoms with Crippen LogP contribution in [-0.2, 0) is 19.6 Å². The summed E-state index contributed by atoms with van der Waals surface area (Å²) in [5.41, 5.74) is 6.83. The van der Waals surface area contributed by atoms with Gasteiger partial charge in [0.05, 0.1) is 0 Å². The number of aromatic carboxylic acids is 1. The molecular weight excluding hydrogens is 372 g/mol. The SMILES string of the molecule is Cc1ccc(CNCc2c(C(=O)O)n(Cc3ccccc3C)c3ccccc23)cc1. The number of carboxylic acids is 1. The number of hydrogen-bond donors (Lipinski definition) is 2. The molecule has 4 heteroatoms. The molecule has 0 atom stereocenters. The van der Waals surface area contributed by atoms with Crippen LogP contribution in [-0.4, -0.2) is 15.6 Å². The highest BCUT2D eigenvalue weighted by molar-refractivity contribution is 5.98. The number of rotatable bonds is 7. The van der Waals surface area contributed by atoms with E-state index in [1.807, 2.05) is 41.0 Å². The Labute approximate surface area is 176 Å². The van der Waals surface area contributed by atoms with Crippen molar-refractivity contribution in [1.82, 2.24) is 9.88 Å². The Bertz CT molecular complexity index is 1190. The van der Waals surface area contributed by atoms with Crippen molar-refractivity contribution in [2.75, 3.05) is 0 Å². The van der Waals surface area contributed by atoms with Crippen LogP contribution in [0.15, 0.2) is 72.8 Å². The topological polar surface area (TPSA) is 54.3 Å². The number of nitrogens with one attached hydrogen (secondary N) is 1. The minimum atomic E-state index is -0.896. The average Bonchev–Trinajstić information content (AvgIpc) is 3.05. The van der Waals surface area contributed by atoms with E-state index in [1.54, 1.807) is 0 Å². The van der Waals surface area contributed by atoms with E-state index in [2.05, 4.69) is 55.6 Å². The molecule has 0 aliphatic rings. The predicted molar refractivity (Wildman–Crippen MR) is 121 cm³/mol. The molecule has 0 aliphatic carbocycles. The molecule has 0 saturated heterocycles. The summed E-state index contributed by atoms with van der Waals surface area (Å²) in [6, 6.07) is 24.5. The smallest absolute Gasteiger partial charge is 0.352 e. The normalized spacial score (nSPS) is 11.1. The molecule has 152 valence electrons. The molecule has 4 rings (SSSR count). The van der Waals surface area contributed by atoms with Crippen molar-refractivity contribution in [1.29, 1.82) is 0 Å². The zero-order valence-electron chi connectivity index (χ0n) is 17.4. The van der Waals surface area contributed by atoms with Crippen LogP contribution in [0.1, 0.15) is 38.3 Å². The van der Waals surface area contributed by atoms with Crippen molar-refractivity contribution >= 4 is 16.9 Å². The first-order chi connectivity index (χ1) is 14.5. The van der Waals surface area contributed by atoms with E-state index in [-0.39, 0.29) is 0 Å². The second-order valence-corrected chi connectivity index (χ2v) is 7.75. The van der Waals surface area contributed by atoms with Crippen LogP contribution in [0.5, 0.6) is 0 Å². The van der Waals surface area contributed by atoms with Gasteiger partial charge in [0.2, 0.25) is 0 Å². The Kier molecular flexibility index (Phi) is 5.68. The summed E-state index contributed by atoms with van der Waals surface area (Å²) in [6.07, 6.45) is 0.